The fourth-order valence-electron chi connectivity index (χ4n) is 3.57. The van der Waals surface area contributed by atoms with Crippen LogP contribution in [-0.2, 0) is 4.79 Å². The summed E-state index contributed by atoms with van der Waals surface area (Å²) in [5.41, 5.74) is 4.33. The van der Waals surface area contributed by atoms with Crippen molar-refractivity contribution in [2.45, 2.75) is 26.2 Å². The van der Waals surface area contributed by atoms with Crippen LogP contribution in [0.25, 0.3) is 11.3 Å². The standard InChI is InChI=1S/C24H22N2O5/c1-14-5-7-15(8-6-14)21-19-20(24(30)25-21)22(26-23(19)29)16-9-11-17(12-10-16)31-13-3-2-4-18(27)28/h5-12,26,29H,2-4,13H2,1H3,(H,27,28). The van der Waals surface area contributed by atoms with E-state index in [2.05, 4.69) is 9.98 Å². The number of hydrogen-bond donors (Lipinski definition) is 3. The van der Waals surface area contributed by atoms with Crippen LogP contribution in [0.1, 0.15) is 46.3 Å². The molecule has 0 saturated carbocycles. The van der Waals surface area contributed by atoms with Crippen molar-refractivity contribution in [1.82, 2.24) is 4.98 Å². The van der Waals surface area contributed by atoms with Gasteiger partial charge in [0.15, 0.2) is 5.88 Å². The number of rotatable bonds is 8. The number of carboxylic acids is 1. The smallest absolute Gasteiger partial charge is 0.303 e. The van der Waals surface area contributed by atoms with Crippen molar-refractivity contribution >= 4 is 17.6 Å². The Kier molecular flexibility index (Phi) is 5.58. The predicted molar refractivity (Wildman–Crippen MR) is 116 cm³/mol. The minimum atomic E-state index is -0.810. The molecular weight excluding hydrogens is 396 g/mol. The zero-order chi connectivity index (χ0) is 22.0. The summed E-state index contributed by atoms with van der Waals surface area (Å²) in [4.78, 5) is 30.3. The number of unbranched alkanes of at least 4 members (excludes halogenated alkanes) is 1. The number of aliphatic carboxylic acids is 1. The molecule has 0 aliphatic carbocycles. The van der Waals surface area contributed by atoms with Gasteiger partial charge < -0.3 is 19.9 Å². The quantitative estimate of drug-likeness (QED) is 0.472. The number of H-pyrrole nitrogens is 1. The Labute approximate surface area is 179 Å². The topological polar surface area (TPSA) is 112 Å². The number of hydrogen-bond acceptors (Lipinski definition) is 4. The lowest BCUT2D eigenvalue weighted by molar-refractivity contribution is -0.137. The Morgan fingerprint density at radius 2 is 1.68 bits per heavy atom. The first kappa shape index (κ1) is 20.4. The number of nitrogens with one attached hydrogen (secondary N) is 1. The van der Waals surface area contributed by atoms with Gasteiger partial charge in [0.05, 0.1) is 29.1 Å². The normalized spacial score (nSPS) is 12.5. The maximum atomic E-state index is 12.7. The van der Waals surface area contributed by atoms with E-state index in [1.807, 2.05) is 31.2 Å². The highest BCUT2D eigenvalue weighted by Crippen LogP contribution is 2.38. The third-order valence-corrected chi connectivity index (χ3v) is 5.17. The van der Waals surface area contributed by atoms with E-state index < -0.39 is 11.9 Å². The second kappa shape index (κ2) is 8.47. The molecule has 0 unspecified atom stereocenters. The maximum absolute atomic E-state index is 12.7. The van der Waals surface area contributed by atoms with E-state index in [0.29, 0.717) is 47.7 Å². The van der Waals surface area contributed by atoms with Crippen LogP contribution in [0.3, 0.4) is 0 Å². The molecule has 1 aliphatic heterocycles. The minimum absolute atomic E-state index is 0.0890. The fourth-order valence-corrected chi connectivity index (χ4v) is 3.57. The zero-order valence-electron chi connectivity index (χ0n) is 17.0. The molecule has 31 heavy (non-hydrogen) atoms. The number of amides is 1. The van der Waals surface area contributed by atoms with Crippen LogP contribution in [0, 0.1) is 6.92 Å². The van der Waals surface area contributed by atoms with Crippen molar-refractivity contribution in [2.75, 3.05) is 6.61 Å². The summed E-state index contributed by atoms with van der Waals surface area (Å²) in [6, 6.07) is 14.8. The molecule has 1 amide bonds. The van der Waals surface area contributed by atoms with Gasteiger partial charge in [-0.25, -0.2) is 4.99 Å². The number of carbonyl (C=O) groups excluding carboxylic acids is 1. The van der Waals surface area contributed by atoms with Crippen molar-refractivity contribution in [3.8, 4) is 22.9 Å². The maximum Gasteiger partial charge on any atom is 0.303 e. The van der Waals surface area contributed by atoms with Crippen molar-refractivity contribution in [3.63, 3.8) is 0 Å². The molecule has 7 nitrogen and oxygen atoms in total. The van der Waals surface area contributed by atoms with E-state index in [0.717, 1.165) is 16.7 Å². The SMILES string of the molecule is Cc1ccc(C2=NC(=O)c3c(-c4ccc(OCCCCC(=O)O)cc4)[nH]c(O)c32)cc1. The number of fused-ring (bicyclic) bond motifs is 1. The van der Waals surface area contributed by atoms with Gasteiger partial charge in [0.25, 0.3) is 5.91 Å². The van der Waals surface area contributed by atoms with Gasteiger partial charge in [0.2, 0.25) is 0 Å². The van der Waals surface area contributed by atoms with Crippen LogP contribution in [0.15, 0.2) is 53.5 Å². The van der Waals surface area contributed by atoms with E-state index in [1.54, 1.807) is 24.3 Å². The zero-order valence-corrected chi connectivity index (χ0v) is 17.0. The molecule has 4 rings (SSSR count). The van der Waals surface area contributed by atoms with Gasteiger partial charge in [-0.05, 0) is 49.6 Å². The van der Waals surface area contributed by atoms with Crippen LogP contribution in [-0.4, -0.2) is 39.4 Å². The number of ether oxygens (including phenoxy) is 1. The molecule has 2 aromatic carbocycles. The Hall–Kier alpha value is -3.87. The Bertz CT molecular complexity index is 1160. The van der Waals surface area contributed by atoms with E-state index >= 15 is 0 Å². The van der Waals surface area contributed by atoms with Crippen molar-refractivity contribution in [1.29, 1.82) is 0 Å². The summed E-state index contributed by atoms with van der Waals surface area (Å²) in [5.74, 6) is -0.644. The molecule has 0 radical (unpaired) electrons. The van der Waals surface area contributed by atoms with Crippen LogP contribution < -0.4 is 4.74 Å². The summed E-state index contributed by atoms with van der Waals surface area (Å²) < 4.78 is 5.64. The third kappa shape index (κ3) is 4.21. The minimum Gasteiger partial charge on any atom is -0.494 e. The summed E-state index contributed by atoms with van der Waals surface area (Å²) >= 11 is 0. The first-order chi connectivity index (χ1) is 14.9. The molecule has 0 bridgehead atoms. The third-order valence-electron chi connectivity index (χ3n) is 5.17. The molecule has 0 saturated heterocycles. The number of carboxylic acid groups (broad SMARTS) is 1. The average Bonchev–Trinajstić information content (AvgIpc) is 3.27. The van der Waals surface area contributed by atoms with E-state index in [4.69, 9.17) is 9.84 Å². The molecule has 1 aliphatic rings. The lowest BCUT2D eigenvalue weighted by atomic mass is 9.99. The van der Waals surface area contributed by atoms with Crippen LogP contribution in [0.2, 0.25) is 0 Å². The number of aromatic nitrogens is 1. The molecule has 0 fully saturated rings. The predicted octanol–water partition coefficient (Wildman–Crippen LogP) is 4.32. The number of carbonyl (C=O) groups is 2. The van der Waals surface area contributed by atoms with Crippen LogP contribution in [0.4, 0.5) is 0 Å². The van der Waals surface area contributed by atoms with Crippen molar-refractivity contribution < 1.29 is 24.5 Å². The van der Waals surface area contributed by atoms with E-state index in [9.17, 15) is 14.7 Å². The highest BCUT2D eigenvalue weighted by Gasteiger charge is 2.33. The van der Waals surface area contributed by atoms with Crippen LogP contribution >= 0.6 is 0 Å². The van der Waals surface area contributed by atoms with Gasteiger partial charge in [-0.2, -0.15) is 0 Å². The second-order valence-electron chi connectivity index (χ2n) is 7.45. The molecule has 7 heteroatoms. The molecule has 1 aromatic heterocycles. The van der Waals surface area contributed by atoms with Gasteiger partial charge in [-0.1, -0.05) is 29.8 Å². The first-order valence-corrected chi connectivity index (χ1v) is 10.0. The summed E-state index contributed by atoms with van der Waals surface area (Å²) in [6.07, 6.45) is 1.34. The van der Waals surface area contributed by atoms with Gasteiger partial charge in [-0.15, -0.1) is 0 Å². The highest BCUT2D eigenvalue weighted by atomic mass is 16.5. The van der Waals surface area contributed by atoms with Crippen LogP contribution in [0.5, 0.6) is 11.6 Å². The van der Waals surface area contributed by atoms with E-state index in [-0.39, 0.29) is 12.3 Å². The lowest BCUT2D eigenvalue weighted by Crippen LogP contribution is -2.00. The highest BCUT2D eigenvalue weighted by molar-refractivity contribution is 6.30. The van der Waals surface area contributed by atoms with Gasteiger partial charge in [0.1, 0.15) is 5.75 Å². The van der Waals surface area contributed by atoms with Crippen molar-refractivity contribution in [2.24, 2.45) is 4.99 Å². The summed E-state index contributed by atoms with van der Waals surface area (Å²) in [6.45, 7) is 2.41. The molecule has 0 spiro atoms. The van der Waals surface area contributed by atoms with Gasteiger partial charge in [-0.3, -0.25) is 9.59 Å². The lowest BCUT2D eigenvalue weighted by Gasteiger charge is -2.07. The van der Waals surface area contributed by atoms with Crippen molar-refractivity contribution in [3.05, 3.63) is 70.8 Å². The molecule has 2 heterocycles. The first-order valence-electron chi connectivity index (χ1n) is 10.0. The van der Waals surface area contributed by atoms with Gasteiger partial charge in [0, 0.05) is 12.0 Å². The second-order valence-corrected chi connectivity index (χ2v) is 7.45. The Balaban J connectivity index is 1.53. The average molecular weight is 418 g/mol. The number of aliphatic imine (C=N–C) groups is 1. The number of benzene rings is 2. The molecular formula is C24H22N2O5. The Morgan fingerprint density at radius 1 is 1.00 bits per heavy atom. The number of aromatic hydroxyl groups is 1. The number of aryl methyl sites for hydroxylation is 1. The Morgan fingerprint density at radius 3 is 2.35 bits per heavy atom. The monoisotopic (exact) mass is 418 g/mol. The van der Waals surface area contributed by atoms with Gasteiger partial charge >= 0.3 is 5.97 Å². The molecule has 0 atom stereocenters. The molecule has 158 valence electrons. The number of nitrogens with zero attached hydrogens (tertiary/aromatic N) is 1. The summed E-state index contributed by atoms with van der Waals surface area (Å²) in [5, 5.41) is 19.2. The number of aromatic amines is 1. The molecule has 3 aromatic rings. The molecule has 3 N–H and O–H groups in total. The van der Waals surface area contributed by atoms with E-state index in [1.165, 1.54) is 0 Å². The summed E-state index contributed by atoms with van der Waals surface area (Å²) in [7, 11) is 0. The largest absolute Gasteiger partial charge is 0.494 e. The fraction of sp³-hybridized carbons (Fsp3) is 0.208.